The van der Waals surface area contributed by atoms with E-state index >= 15 is 0 Å². The fraction of sp³-hybridized carbons (Fsp3) is 0.268. The molecule has 4 heteroatoms. The van der Waals surface area contributed by atoms with E-state index in [0.29, 0.717) is 0 Å². The van der Waals surface area contributed by atoms with Crippen LogP contribution in [0.1, 0.15) is 52.8 Å². The van der Waals surface area contributed by atoms with E-state index in [1.807, 2.05) is 0 Å². The van der Waals surface area contributed by atoms with E-state index in [1.54, 1.807) is 0 Å². The van der Waals surface area contributed by atoms with E-state index in [1.165, 1.54) is 55.8 Å². The van der Waals surface area contributed by atoms with Crippen molar-refractivity contribution >= 4 is 23.0 Å². The number of nitrogens with zero attached hydrogens (tertiary/aromatic N) is 4. The number of para-hydroxylation sites is 2. The molecule has 1 aliphatic carbocycles. The first-order chi connectivity index (χ1) is 21.5. The fourth-order valence-corrected chi connectivity index (χ4v) is 8.63. The van der Waals surface area contributed by atoms with Crippen molar-refractivity contribution in [1.82, 2.24) is 9.97 Å². The highest BCUT2D eigenvalue weighted by molar-refractivity contribution is 5.93. The maximum Gasteiger partial charge on any atom is 0.179 e. The molecule has 8 rings (SSSR count). The van der Waals surface area contributed by atoms with Crippen molar-refractivity contribution in [2.75, 3.05) is 9.80 Å². The predicted octanol–water partition coefficient (Wildman–Crippen LogP) is 10.1. The molecule has 3 atom stereocenters. The first kappa shape index (κ1) is 27.8. The minimum Gasteiger partial charge on any atom is -0.301 e. The number of aromatic nitrogens is 2. The Hall–Kier alpha value is -4.70. The highest BCUT2D eigenvalue weighted by Crippen LogP contribution is 2.66. The minimum atomic E-state index is -0.175. The number of hydrogen-bond donors (Lipinski definition) is 0. The van der Waals surface area contributed by atoms with Gasteiger partial charge in [0.1, 0.15) is 6.17 Å². The first-order valence-electron chi connectivity index (χ1n) is 16.1. The van der Waals surface area contributed by atoms with Gasteiger partial charge in [-0.1, -0.05) is 97.8 Å². The molecule has 224 valence electrons. The summed E-state index contributed by atoms with van der Waals surface area (Å²) in [6.45, 7) is 18.0. The summed E-state index contributed by atoms with van der Waals surface area (Å²) < 4.78 is 0. The third-order valence-corrected chi connectivity index (χ3v) is 10.8. The van der Waals surface area contributed by atoms with Gasteiger partial charge in [-0.3, -0.25) is 0 Å². The number of hydrogen-bond acceptors (Lipinski definition) is 4. The van der Waals surface area contributed by atoms with Crippen LogP contribution in [0.2, 0.25) is 0 Å². The number of aryl methyl sites for hydroxylation is 6. The molecule has 3 heterocycles. The zero-order chi connectivity index (χ0) is 31.4. The third-order valence-electron chi connectivity index (χ3n) is 10.8. The van der Waals surface area contributed by atoms with Gasteiger partial charge in [0.15, 0.2) is 11.6 Å². The zero-order valence-electron chi connectivity index (χ0n) is 27.5. The van der Waals surface area contributed by atoms with Gasteiger partial charge in [0.25, 0.3) is 0 Å². The molecule has 5 aromatic rings. The Morgan fingerprint density at radius 3 is 1.58 bits per heavy atom. The summed E-state index contributed by atoms with van der Waals surface area (Å²) in [5, 5.41) is 0. The Morgan fingerprint density at radius 2 is 1.07 bits per heavy atom. The topological polar surface area (TPSA) is 32.3 Å². The van der Waals surface area contributed by atoms with E-state index in [0.717, 1.165) is 28.7 Å². The molecule has 3 unspecified atom stereocenters. The van der Waals surface area contributed by atoms with Crippen molar-refractivity contribution in [1.29, 1.82) is 0 Å². The summed E-state index contributed by atoms with van der Waals surface area (Å²) in [6, 6.07) is 28.8. The number of fused-ring (bicyclic) bond motifs is 8. The quantitative estimate of drug-likeness (QED) is 0.196. The normalized spacial score (nSPS) is 22.4. The smallest absolute Gasteiger partial charge is 0.179 e. The third kappa shape index (κ3) is 3.66. The average molecular weight is 589 g/mol. The maximum absolute atomic E-state index is 5.75. The molecule has 0 N–H and O–H groups in total. The van der Waals surface area contributed by atoms with Gasteiger partial charge in [0.05, 0.1) is 11.4 Å². The van der Waals surface area contributed by atoms with Crippen LogP contribution < -0.4 is 9.80 Å². The van der Waals surface area contributed by atoms with Crippen LogP contribution in [0.4, 0.5) is 23.0 Å². The highest BCUT2D eigenvalue weighted by Gasteiger charge is 2.64. The molecule has 0 amide bonds. The summed E-state index contributed by atoms with van der Waals surface area (Å²) in [4.78, 5) is 16.4. The lowest BCUT2D eigenvalue weighted by molar-refractivity contribution is 0.174. The second kappa shape index (κ2) is 9.40. The Kier molecular flexibility index (Phi) is 5.81. The van der Waals surface area contributed by atoms with Crippen LogP contribution in [-0.4, -0.2) is 16.1 Å². The van der Waals surface area contributed by atoms with Gasteiger partial charge >= 0.3 is 0 Å². The lowest BCUT2D eigenvalue weighted by Crippen LogP contribution is -2.64. The molecule has 0 saturated carbocycles. The van der Waals surface area contributed by atoms with Crippen LogP contribution in [0, 0.1) is 47.0 Å². The number of benzene rings is 4. The van der Waals surface area contributed by atoms with Gasteiger partial charge in [-0.05, 0) is 87.6 Å². The van der Waals surface area contributed by atoms with Crippen molar-refractivity contribution in [2.45, 2.75) is 67.0 Å². The molecule has 1 aromatic heterocycles. The lowest BCUT2D eigenvalue weighted by Gasteiger charge is -2.61. The zero-order valence-corrected chi connectivity index (χ0v) is 27.5. The van der Waals surface area contributed by atoms with Crippen molar-refractivity contribution in [3.05, 3.63) is 130 Å². The Morgan fingerprint density at radius 1 is 0.578 bits per heavy atom. The van der Waals surface area contributed by atoms with E-state index in [9.17, 15) is 0 Å². The van der Waals surface area contributed by atoms with Crippen molar-refractivity contribution in [3.63, 3.8) is 0 Å². The summed E-state index contributed by atoms with van der Waals surface area (Å²) >= 11 is 0. The van der Waals surface area contributed by atoms with E-state index < -0.39 is 0 Å². The average Bonchev–Trinajstić information content (AvgIpc) is 3.33. The van der Waals surface area contributed by atoms with E-state index in [2.05, 4.69) is 156 Å². The van der Waals surface area contributed by atoms with Crippen LogP contribution >= 0.6 is 0 Å². The standard InChI is InChI=1S/C41H40N4/c1-24-20-26(3)33(27(4)21-24)35-36(34-28(5)22-25(2)23-29(34)6)43-38-37(42-35)44(30-14-10-9-11-15-30)39-41(8)19-18-40(41,7)31-16-12-13-17-32(31)45(38)39/h9-23,39H,1-8H3. The molecule has 45 heavy (non-hydrogen) atoms. The molecule has 4 nitrogen and oxygen atoms in total. The van der Waals surface area contributed by atoms with Crippen LogP contribution in [0.3, 0.4) is 0 Å². The molecule has 0 spiro atoms. The maximum atomic E-state index is 5.75. The van der Waals surface area contributed by atoms with Crippen molar-refractivity contribution in [3.8, 4) is 22.5 Å². The number of rotatable bonds is 3. The molecule has 2 aliphatic heterocycles. The van der Waals surface area contributed by atoms with Crippen molar-refractivity contribution in [2.24, 2.45) is 5.41 Å². The summed E-state index contributed by atoms with van der Waals surface area (Å²) in [7, 11) is 0. The molecule has 3 aliphatic rings. The van der Waals surface area contributed by atoms with Gasteiger partial charge in [-0.25, -0.2) is 9.97 Å². The number of anilines is 4. The monoisotopic (exact) mass is 588 g/mol. The Bertz CT molecular complexity index is 2030. The Balaban J connectivity index is 1.51. The number of allylic oxidation sites excluding steroid dienone is 1. The Labute approximate surface area is 267 Å². The first-order valence-corrected chi connectivity index (χ1v) is 16.1. The molecule has 4 aromatic carbocycles. The molecular weight excluding hydrogens is 548 g/mol. The van der Waals surface area contributed by atoms with E-state index in [4.69, 9.17) is 9.97 Å². The molecule has 0 radical (unpaired) electrons. The summed E-state index contributed by atoms with van der Waals surface area (Å²) in [5.74, 6) is 1.83. The second-order valence-corrected chi connectivity index (χ2v) is 13.9. The SMILES string of the molecule is Cc1cc(C)c(-c2nc3c(nc2-c2c(C)cc(C)cc2C)N2c4ccccc4C4(C)C=CC4(C)C2N3c2ccccc2)c(C)c1. The summed E-state index contributed by atoms with van der Waals surface area (Å²) in [5.41, 5.74) is 15.0. The van der Waals surface area contributed by atoms with Gasteiger partial charge < -0.3 is 9.80 Å². The van der Waals surface area contributed by atoms with Gasteiger partial charge in [-0.2, -0.15) is 0 Å². The van der Waals surface area contributed by atoms with Crippen LogP contribution in [0.5, 0.6) is 0 Å². The van der Waals surface area contributed by atoms with E-state index in [-0.39, 0.29) is 17.0 Å². The largest absolute Gasteiger partial charge is 0.301 e. The lowest BCUT2D eigenvalue weighted by atomic mass is 9.51. The molecule has 0 fully saturated rings. The molecule has 0 bridgehead atoms. The molecule has 0 saturated heterocycles. The van der Waals surface area contributed by atoms with Crippen LogP contribution in [0.15, 0.2) is 91.0 Å². The highest BCUT2D eigenvalue weighted by atomic mass is 15.5. The van der Waals surface area contributed by atoms with Crippen LogP contribution in [0.25, 0.3) is 22.5 Å². The molecular formula is C41H40N4. The second-order valence-electron chi connectivity index (χ2n) is 13.9. The van der Waals surface area contributed by atoms with Crippen LogP contribution in [-0.2, 0) is 5.41 Å². The predicted molar refractivity (Wildman–Crippen MR) is 187 cm³/mol. The van der Waals surface area contributed by atoms with Gasteiger partial charge in [0.2, 0.25) is 0 Å². The van der Waals surface area contributed by atoms with Gasteiger partial charge in [0, 0.05) is 33.3 Å². The minimum absolute atomic E-state index is 0.0247. The van der Waals surface area contributed by atoms with Gasteiger partial charge in [-0.15, -0.1) is 0 Å². The fourth-order valence-electron chi connectivity index (χ4n) is 8.63. The summed E-state index contributed by atoms with van der Waals surface area (Å²) in [6.07, 6.45) is 4.78. The van der Waals surface area contributed by atoms with Crippen molar-refractivity contribution < 1.29 is 0 Å².